The number of esters is 1. The molecule has 0 saturated carbocycles. The highest BCUT2D eigenvalue weighted by Gasteiger charge is 2.14. The first kappa shape index (κ1) is 12.9. The standard InChI is InChI=1S/C9H10Cl2N2O3/c1-4-6(10)8(12)13-9(7(4)11)16-3-5(14)15-2/h3H2,1-2H3,(H2,12,13). The molecule has 1 aromatic rings. The van der Waals surface area contributed by atoms with Crippen molar-refractivity contribution in [2.45, 2.75) is 6.92 Å². The number of nitrogens with zero attached hydrogens (tertiary/aromatic N) is 1. The van der Waals surface area contributed by atoms with Crippen molar-refractivity contribution < 1.29 is 14.3 Å². The van der Waals surface area contributed by atoms with Crippen LogP contribution in [0.15, 0.2) is 0 Å². The van der Waals surface area contributed by atoms with Crippen molar-refractivity contribution in [3.05, 3.63) is 15.6 Å². The number of aromatic nitrogens is 1. The first-order valence-corrected chi connectivity index (χ1v) is 5.03. The van der Waals surface area contributed by atoms with Gasteiger partial charge < -0.3 is 15.2 Å². The quantitative estimate of drug-likeness (QED) is 0.844. The molecule has 0 bridgehead atoms. The zero-order valence-electron chi connectivity index (χ0n) is 8.71. The smallest absolute Gasteiger partial charge is 0.343 e. The molecule has 0 aliphatic heterocycles. The Bertz CT molecular complexity index is 424. The van der Waals surface area contributed by atoms with Gasteiger partial charge in [0.25, 0.3) is 0 Å². The number of nitrogens with two attached hydrogens (primary N) is 1. The third-order valence-electron chi connectivity index (χ3n) is 1.85. The number of nitrogen functional groups attached to an aromatic ring is 1. The van der Waals surface area contributed by atoms with Crippen molar-refractivity contribution in [2.24, 2.45) is 0 Å². The van der Waals surface area contributed by atoms with Gasteiger partial charge in [-0.25, -0.2) is 4.79 Å². The molecule has 1 aromatic heterocycles. The number of halogens is 2. The SMILES string of the molecule is COC(=O)COc1nc(N)c(Cl)c(C)c1Cl. The lowest BCUT2D eigenvalue weighted by molar-refractivity contribution is -0.143. The Balaban J connectivity index is 2.93. The Hall–Kier alpha value is -1.20. The van der Waals surface area contributed by atoms with Gasteiger partial charge >= 0.3 is 5.97 Å². The van der Waals surface area contributed by atoms with Crippen molar-refractivity contribution in [1.82, 2.24) is 4.98 Å². The Morgan fingerprint density at radius 2 is 2.06 bits per heavy atom. The molecule has 7 heteroatoms. The summed E-state index contributed by atoms with van der Waals surface area (Å²) >= 11 is 11.7. The molecule has 0 radical (unpaired) electrons. The Labute approximate surface area is 102 Å². The molecule has 0 saturated heterocycles. The van der Waals surface area contributed by atoms with Gasteiger partial charge in [-0.15, -0.1) is 0 Å². The maximum absolute atomic E-state index is 10.9. The molecule has 0 atom stereocenters. The average Bonchev–Trinajstić information content (AvgIpc) is 2.28. The highest BCUT2D eigenvalue weighted by atomic mass is 35.5. The first-order chi connectivity index (χ1) is 7.47. The topological polar surface area (TPSA) is 74.4 Å². The number of anilines is 1. The van der Waals surface area contributed by atoms with Crippen LogP contribution in [-0.2, 0) is 9.53 Å². The predicted molar refractivity (Wildman–Crippen MR) is 60.9 cm³/mol. The maximum atomic E-state index is 10.9. The van der Waals surface area contributed by atoms with E-state index in [1.807, 2.05) is 0 Å². The van der Waals surface area contributed by atoms with Gasteiger partial charge in [0.15, 0.2) is 6.61 Å². The first-order valence-electron chi connectivity index (χ1n) is 4.28. The summed E-state index contributed by atoms with van der Waals surface area (Å²) in [5, 5.41) is 0.499. The fourth-order valence-corrected chi connectivity index (χ4v) is 1.31. The lowest BCUT2D eigenvalue weighted by Gasteiger charge is -2.10. The lowest BCUT2D eigenvalue weighted by Crippen LogP contribution is -2.14. The van der Waals surface area contributed by atoms with Crippen LogP contribution in [-0.4, -0.2) is 24.7 Å². The zero-order valence-corrected chi connectivity index (χ0v) is 10.2. The molecule has 1 rings (SSSR count). The number of hydrogen-bond acceptors (Lipinski definition) is 5. The highest BCUT2D eigenvalue weighted by Crippen LogP contribution is 2.34. The summed E-state index contributed by atoms with van der Waals surface area (Å²) in [5.74, 6) is -0.376. The van der Waals surface area contributed by atoms with Gasteiger partial charge in [0.1, 0.15) is 10.8 Å². The van der Waals surface area contributed by atoms with Gasteiger partial charge in [-0.3, -0.25) is 0 Å². The van der Waals surface area contributed by atoms with Gasteiger partial charge in [0.2, 0.25) is 5.88 Å². The molecule has 0 aromatic carbocycles. The summed E-state index contributed by atoms with van der Waals surface area (Å²) < 4.78 is 9.45. The molecule has 88 valence electrons. The molecule has 16 heavy (non-hydrogen) atoms. The van der Waals surface area contributed by atoms with E-state index in [2.05, 4.69) is 9.72 Å². The summed E-state index contributed by atoms with van der Waals surface area (Å²) in [5.41, 5.74) is 6.08. The van der Waals surface area contributed by atoms with Crippen molar-refractivity contribution in [1.29, 1.82) is 0 Å². The fourth-order valence-electron chi connectivity index (χ4n) is 0.938. The van der Waals surface area contributed by atoms with Crippen molar-refractivity contribution >= 4 is 35.0 Å². The monoisotopic (exact) mass is 264 g/mol. The number of hydrogen-bond donors (Lipinski definition) is 1. The van der Waals surface area contributed by atoms with E-state index in [-0.39, 0.29) is 28.3 Å². The predicted octanol–water partition coefficient (Wildman–Crippen LogP) is 1.83. The van der Waals surface area contributed by atoms with Crippen LogP contribution in [0.2, 0.25) is 10.0 Å². The fraction of sp³-hybridized carbons (Fsp3) is 0.333. The second-order valence-corrected chi connectivity index (χ2v) is 3.68. The van der Waals surface area contributed by atoms with E-state index in [0.717, 1.165) is 0 Å². The molecule has 0 aliphatic carbocycles. The van der Waals surface area contributed by atoms with E-state index in [1.165, 1.54) is 7.11 Å². The third-order valence-corrected chi connectivity index (χ3v) is 2.77. The minimum Gasteiger partial charge on any atom is -0.466 e. The van der Waals surface area contributed by atoms with Crippen molar-refractivity contribution in [2.75, 3.05) is 19.5 Å². The Morgan fingerprint density at radius 3 is 2.62 bits per heavy atom. The number of carbonyl (C=O) groups excluding carboxylic acids is 1. The highest BCUT2D eigenvalue weighted by molar-refractivity contribution is 6.37. The van der Waals surface area contributed by atoms with Crippen LogP contribution >= 0.6 is 23.2 Å². The molecule has 0 fully saturated rings. The summed E-state index contributed by atoms with van der Waals surface area (Å²) in [4.78, 5) is 14.7. The summed E-state index contributed by atoms with van der Waals surface area (Å²) in [6.45, 7) is 1.39. The molecular formula is C9H10Cl2N2O3. The minimum atomic E-state index is -0.538. The van der Waals surface area contributed by atoms with Crippen molar-refractivity contribution in [3.8, 4) is 5.88 Å². The van der Waals surface area contributed by atoms with Crippen LogP contribution in [0.25, 0.3) is 0 Å². The molecule has 0 spiro atoms. The Kier molecular flexibility index (Phi) is 4.20. The number of carbonyl (C=O) groups is 1. The summed E-state index contributed by atoms with van der Waals surface area (Å²) in [6, 6.07) is 0. The molecule has 0 unspecified atom stereocenters. The van der Waals surface area contributed by atoms with Crippen LogP contribution in [0.4, 0.5) is 5.82 Å². The van der Waals surface area contributed by atoms with Crippen LogP contribution in [0.1, 0.15) is 5.56 Å². The third kappa shape index (κ3) is 2.68. The molecule has 0 amide bonds. The van der Waals surface area contributed by atoms with Gasteiger partial charge in [-0.2, -0.15) is 4.98 Å². The van der Waals surface area contributed by atoms with Gasteiger partial charge in [0.05, 0.1) is 12.1 Å². The normalized spacial score (nSPS) is 10.0. The molecular weight excluding hydrogens is 255 g/mol. The van der Waals surface area contributed by atoms with Crippen LogP contribution < -0.4 is 10.5 Å². The van der Waals surface area contributed by atoms with E-state index in [1.54, 1.807) is 6.92 Å². The van der Waals surface area contributed by atoms with Gasteiger partial charge in [-0.05, 0) is 12.5 Å². The second-order valence-electron chi connectivity index (χ2n) is 2.92. The molecule has 1 heterocycles. The molecule has 0 aliphatic rings. The Morgan fingerprint density at radius 1 is 1.44 bits per heavy atom. The molecule has 2 N–H and O–H groups in total. The molecule has 5 nitrogen and oxygen atoms in total. The zero-order chi connectivity index (χ0) is 12.3. The van der Waals surface area contributed by atoms with E-state index in [0.29, 0.717) is 5.56 Å². The summed E-state index contributed by atoms with van der Waals surface area (Å²) in [6.07, 6.45) is 0. The average molecular weight is 265 g/mol. The maximum Gasteiger partial charge on any atom is 0.343 e. The van der Waals surface area contributed by atoms with Crippen LogP contribution in [0.5, 0.6) is 5.88 Å². The van der Waals surface area contributed by atoms with Gasteiger partial charge in [0, 0.05) is 0 Å². The lowest BCUT2D eigenvalue weighted by atomic mass is 10.3. The van der Waals surface area contributed by atoms with E-state index in [9.17, 15) is 4.79 Å². The number of pyridine rings is 1. The number of rotatable bonds is 3. The largest absolute Gasteiger partial charge is 0.466 e. The summed E-state index contributed by atoms with van der Waals surface area (Å²) in [7, 11) is 1.25. The van der Waals surface area contributed by atoms with Crippen LogP contribution in [0, 0.1) is 6.92 Å². The van der Waals surface area contributed by atoms with Crippen molar-refractivity contribution in [3.63, 3.8) is 0 Å². The second kappa shape index (κ2) is 5.23. The van der Waals surface area contributed by atoms with E-state index >= 15 is 0 Å². The minimum absolute atomic E-state index is 0.0615. The van der Waals surface area contributed by atoms with E-state index < -0.39 is 5.97 Å². The number of ether oxygens (including phenoxy) is 2. The van der Waals surface area contributed by atoms with Gasteiger partial charge in [-0.1, -0.05) is 23.2 Å². The van der Waals surface area contributed by atoms with E-state index in [4.69, 9.17) is 33.7 Å². The van der Waals surface area contributed by atoms with Crippen LogP contribution in [0.3, 0.4) is 0 Å². The number of methoxy groups -OCH3 is 1.